The third-order valence-corrected chi connectivity index (χ3v) is 3.15. The molecule has 98 valence electrons. The van der Waals surface area contributed by atoms with Crippen molar-refractivity contribution in [1.29, 1.82) is 0 Å². The van der Waals surface area contributed by atoms with Gasteiger partial charge in [-0.15, -0.1) is 0 Å². The Morgan fingerprint density at radius 1 is 1.41 bits per heavy atom. The van der Waals surface area contributed by atoms with E-state index in [1.54, 1.807) is 0 Å². The lowest BCUT2D eigenvalue weighted by Gasteiger charge is -2.17. The Labute approximate surface area is 103 Å². The molecule has 0 spiro atoms. The number of carbonyl (C=O) groups excluding carboxylic acids is 2. The van der Waals surface area contributed by atoms with Crippen LogP contribution in [0.15, 0.2) is 0 Å². The maximum absolute atomic E-state index is 11.6. The first-order valence-corrected chi connectivity index (χ1v) is 6.37. The molecular formula is C12H23N3O2. The van der Waals surface area contributed by atoms with Gasteiger partial charge in [0.25, 0.3) is 0 Å². The maximum atomic E-state index is 11.6. The second-order valence-corrected chi connectivity index (χ2v) is 4.79. The number of hydrogen-bond acceptors (Lipinski definition) is 3. The lowest BCUT2D eigenvalue weighted by Crippen LogP contribution is -2.45. The normalized spacial score (nSPS) is 18.3. The van der Waals surface area contributed by atoms with E-state index in [0.29, 0.717) is 19.0 Å². The van der Waals surface area contributed by atoms with Crippen LogP contribution in [0.4, 0.5) is 0 Å². The zero-order valence-electron chi connectivity index (χ0n) is 10.7. The summed E-state index contributed by atoms with van der Waals surface area (Å²) in [4.78, 5) is 22.9. The van der Waals surface area contributed by atoms with Gasteiger partial charge in [0.15, 0.2) is 0 Å². The Morgan fingerprint density at radius 3 is 2.59 bits per heavy atom. The molecule has 0 aromatic carbocycles. The Balaban J connectivity index is 2.12. The van der Waals surface area contributed by atoms with E-state index < -0.39 is 6.04 Å². The number of hydrogen-bond donors (Lipinski definition) is 3. The molecule has 0 heterocycles. The van der Waals surface area contributed by atoms with E-state index in [-0.39, 0.29) is 17.7 Å². The van der Waals surface area contributed by atoms with Gasteiger partial charge in [0, 0.05) is 19.0 Å². The number of amides is 2. The number of rotatable bonds is 7. The van der Waals surface area contributed by atoms with E-state index >= 15 is 0 Å². The summed E-state index contributed by atoms with van der Waals surface area (Å²) < 4.78 is 0. The van der Waals surface area contributed by atoms with Crippen LogP contribution in [0.25, 0.3) is 0 Å². The number of nitrogens with two attached hydrogens (primary N) is 1. The standard InChI is InChI=1S/C12H23N3O2/c1-3-8(2)11(13)12(17)14-7-6-10(16)15-9-4-5-9/h8-9,11H,3-7,13H2,1-2H3,(H,14,17)(H,15,16)/t8-,11-/m0/s1. The zero-order valence-corrected chi connectivity index (χ0v) is 10.7. The lowest BCUT2D eigenvalue weighted by molar-refractivity contribution is -0.124. The summed E-state index contributed by atoms with van der Waals surface area (Å²) in [6.07, 6.45) is 3.36. The highest BCUT2D eigenvalue weighted by molar-refractivity contribution is 5.82. The fraction of sp³-hybridized carbons (Fsp3) is 0.833. The Hall–Kier alpha value is -1.10. The van der Waals surface area contributed by atoms with Crippen molar-refractivity contribution in [1.82, 2.24) is 10.6 Å². The second kappa shape index (κ2) is 6.59. The molecule has 1 aliphatic carbocycles. The summed E-state index contributed by atoms with van der Waals surface area (Å²) in [6, 6.07) is -0.105. The highest BCUT2D eigenvalue weighted by Gasteiger charge is 2.23. The fourth-order valence-corrected chi connectivity index (χ4v) is 1.46. The predicted octanol–water partition coefficient (Wildman–Crippen LogP) is 0.145. The van der Waals surface area contributed by atoms with Crippen molar-refractivity contribution in [2.45, 2.75) is 51.6 Å². The SMILES string of the molecule is CC[C@H](C)[C@H](N)C(=O)NCCC(=O)NC1CC1. The van der Waals surface area contributed by atoms with Gasteiger partial charge in [0.2, 0.25) is 11.8 Å². The first-order chi connectivity index (χ1) is 8.04. The molecule has 1 aliphatic rings. The van der Waals surface area contributed by atoms with Crippen molar-refractivity contribution in [3.8, 4) is 0 Å². The molecule has 0 unspecified atom stereocenters. The van der Waals surface area contributed by atoms with Crippen molar-refractivity contribution < 1.29 is 9.59 Å². The van der Waals surface area contributed by atoms with Crippen molar-refractivity contribution >= 4 is 11.8 Å². The molecule has 4 N–H and O–H groups in total. The van der Waals surface area contributed by atoms with Crippen LogP contribution in [-0.4, -0.2) is 30.4 Å². The molecule has 17 heavy (non-hydrogen) atoms. The van der Waals surface area contributed by atoms with Gasteiger partial charge in [0.05, 0.1) is 6.04 Å². The van der Waals surface area contributed by atoms with Gasteiger partial charge >= 0.3 is 0 Å². The molecule has 0 aromatic heterocycles. The molecule has 2 atom stereocenters. The summed E-state index contributed by atoms with van der Waals surface area (Å²) in [5, 5.41) is 5.57. The van der Waals surface area contributed by atoms with E-state index in [0.717, 1.165) is 19.3 Å². The van der Waals surface area contributed by atoms with Crippen LogP contribution in [0.5, 0.6) is 0 Å². The van der Waals surface area contributed by atoms with Gasteiger partial charge in [-0.3, -0.25) is 9.59 Å². The van der Waals surface area contributed by atoms with E-state index in [9.17, 15) is 9.59 Å². The van der Waals surface area contributed by atoms with Gasteiger partial charge in [0.1, 0.15) is 0 Å². The fourth-order valence-electron chi connectivity index (χ4n) is 1.46. The Bertz CT molecular complexity index is 277. The highest BCUT2D eigenvalue weighted by atomic mass is 16.2. The van der Waals surface area contributed by atoms with E-state index in [1.807, 2.05) is 13.8 Å². The minimum atomic E-state index is -0.480. The van der Waals surface area contributed by atoms with Crippen LogP contribution in [0, 0.1) is 5.92 Å². The molecule has 5 nitrogen and oxygen atoms in total. The van der Waals surface area contributed by atoms with Gasteiger partial charge in [-0.05, 0) is 18.8 Å². The average Bonchev–Trinajstić information content (AvgIpc) is 3.10. The van der Waals surface area contributed by atoms with Crippen molar-refractivity contribution in [3.63, 3.8) is 0 Å². The predicted molar refractivity (Wildman–Crippen MR) is 66.2 cm³/mol. The molecule has 0 radical (unpaired) electrons. The summed E-state index contributed by atoms with van der Waals surface area (Å²) in [6.45, 7) is 4.31. The molecule has 0 saturated heterocycles. The molecule has 0 aliphatic heterocycles. The summed E-state index contributed by atoms with van der Waals surface area (Å²) in [5.41, 5.74) is 5.77. The zero-order chi connectivity index (χ0) is 12.8. The molecule has 1 fully saturated rings. The highest BCUT2D eigenvalue weighted by Crippen LogP contribution is 2.18. The molecule has 0 bridgehead atoms. The first kappa shape index (κ1) is 14.0. The number of nitrogens with one attached hydrogen (secondary N) is 2. The molecule has 5 heteroatoms. The van der Waals surface area contributed by atoms with Crippen LogP contribution >= 0.6 is 0 Å². The Morgan fingerprint density at radius 2 is 2.06 bits per heavy atom. The minimum absolute atomic E-state index is 0.00455. The molecule has 0 aromatic rings. The third-order valence-electron chi connectivity index (χ3n) is 3.15. The molecule has 1 saturated carbocycles. The van der Waals surface area contributed by atoms with E-state index in [2.05, 4.69) is 10.6 Å². The second-order valence-electron chi connectivity index (χ2n) is 4.79. The van der Waals surface area contributed by atoms with Crippen molar-refractivity contribution in [2.75, 3.05) is 6.54 Å². The van der Waals surface area contributed by atoms with Crippen LogP contribution < -0.4 is 16.4 Å². The molecular weight excluding hydrogens is 218 g/mol. The van der Waals surface area contributed by atoms with Crippen molar-refractivity contribution in [3.05, 3.63) is 0 Å². The third kappa shape index (κ3) is 5.17. The van der Waals surface area contributed by atoms with Gasteiger partial charge < -0.3 is 16.4 Å². The van der Waals surface area contributed by atoms with Crippen LogP contribution in [0.1, 0.15) is 39.5 Å². The minimum Gasteiger partial charge on any atom is -0.354 e. The maximum Gasteiger partial charge on any atom is 0.237 e. The van der Waals surface area contributed by atoms with Crippen molar-refractivity contribution in [2.24, 2.45) is 11.7 Å². The van der Waals surface area contributed by atoms with Gasteiger partial charge in [-0.25, -0.2) is 0 Å². The van der Waals surface area contributed by atoms with E-state index in [4.69, 9.17) is 5.73 Å². The van der Waals surface area contributed by atoms with Gasteiger partial charge in [-0.1, -0.05) is 20.3 Å². The summed E-state index contributed by atoms with van der Waals surface area (Å²) >= 11 is 0. The monoisotopic (exact) mass is 241 g/mol. The molecule has 2 amide bonds. The summed E-state index contributed by atoms with van der Waals surface area (Å²) in [5.74, 6) is -0.00114. The quantitative estimate of drug-likeness (QED) is 0.593. The number of carbonyl (C=O) groups is 2. The topological polar surface area (TPSA) is 84.2 Å². The first-order valence-electron chi connectivity index (χ1n) is 6.37. The smallest absolute Gasteiger partial charge is 0.237 e. The van der Waals surface area contributed by atoms with Crippen LogP contribution in [0.2, 0.25) is 0 Å². The van der Waals surface area contributed by atoms with Crippen LogP contribution in [0.3, 0.4) is 0 Å². The van der Waals surface area contributed by atoms with Crippen LogP contribution in [-0.2, 0) is 9.59 Å². The summed E-state index contributed by atoms with van der Waals surface area (Å²) in [7, 11) is 0. The largest absolute Gasteiger partial charge is 0.354 e. The van der Waals surface area contributed by atoms with Gasteiger partial charge in [-0.2, -0.15) is 0 Å². The lowest BCUT2D eigenvalue weighted by atomic mass is 9.99. The van der Waals surface area contributed by atoms with E-state index in [1.165, 1.54) is 0 Å². The Kier molecular flexibility index (Phi) is 5.41. The average molecular weight is 241 g/mol. The molecule has 1 rings (SSSR count).